The number of aromatic nitrogens is 2. The van der Waals surface area contributed by atoms with Crippen molar-refractivity contribution in [3.05, 3.63) is 11.7 Å². The van der Waals surface area contributed by atoms with Gasteiger partial charge in [-0.25, -0.2) is 0 Å². The van der Waals surface area contributed by atoms with Crippen LogP contribution in [0.2, 0.25) is 0 Å². The van der Waals surface area contributed by atoms with E-state index in [1.807, 2.05) is 6.92 Å². The Morgan fingerprint density at radius 3 is 2.50 bits per heavy atom. The minimum absolute atomic E-state index is 0. The molecule has 1 heterocycles. The Kier molecular flexibility index (Phi) is 13.9. The van der Waals surface area contributed by atoms with E-state index in [0.717, 1.165) is 63.8 Å². The summed E-state index contributed by atoms with van der Waals surface area (Å²) in [6, 6.07) is 0. The lowest BCUT2D eigenvalue weighted by Gasteiger charge is -2.11. The summed E-state index contributed by atoms with van der Waals surface area (Å²) in [6.45, 7) is 9.46. The van der Waals surface area contributed by atoms with Crippen molar-refractivity contribution in [3.8, 4) is 0 Å². The number of halogens is 1. The van der Waals surface area contributed by atoms with Gasteiger partial charge in [-0.05, 0) is 26.2 Å². The highest BCUT2D eigenvalue weighted by Crippen LogP contribution is 2.10. The van der Waals surface area contributed by atoms with Gasteiger partial charge < -0.3 is 19.9 Å². The zero-order valence-electron chi connectivity index (χ0n) is 15.3. The molecule has 0 saturated carbocycles. The Balaban J connectivity index is 0.00000529. The summed E-state index contributed by atoms with van der Waals surface area (Å²) < 4.78 is 10.5. The lowest BCUT2D eigenvalue weighted by Crippen LogP contribution is -2.38. The van der Waals surface area contributed by atoms with Gasteiger partial charge in [0.05, 0.1) is 0 Å². The monoisotopic (exact) mass is 453 g/mol. The van der Waals surface area contributed by atoms with Crippen LogP contribution in [0.5, 0.6) is 0 Å². The molecule has 140 valence electrons. The SMILES string of the molecule is CCOCCCCNC(=NC)NCCCc1nc(C(C)C)no1.I. The van der Waals surface area contributed by atoms with Crippen LogP contribution in [-0.4, -0.2) is 49.5 Å². The van der Waals surface area contributed by atoms with Gasteiger partial charge in [0, 0.05) is 45.7 Å². The Bertz CT molecular complexity index is 451. The van der Waals surface area contributed by atoms with E-state index in [2.05, 4.69) is 39.6 Å². The molecule has 0 aromatic carbocycles. The number of aryl methyl sites for hydroxylation is 1. The van der Waals surface area contributed by atoms with Crippen LogP contribution in [0.4, 0.5) is 0 Å². The Morgan fingerprint density at radius 1 is 1.21 bits per heavy atom. The first-order valence-electron chi connectivity index (χ1n) is 8.52. The van der Waals surface area contributed by atoms with E-state index in [0.29, 0.717) is 11.8 Å². The van der Waals surface area contributed by atoms with Gasteiger partial charge in [0.25, 0.3) is 0 Å². The molecule has 0 aliphatic heterocycles. The predicted octanol–water partition coefficient (Wildman–Crippen LogP) is 2.73. The molecule has 0 fully saturated rings. The van der Waals surface area contributed by atoms with Crippen molar-refractivity contribution in [2.45, 2.75) is 52.4 Å². The first-order valence-corrected chi connectivity index (χ1v) is 8.52. The zero-order chi connectivity index (χ0) is 16.9. The van der Waals surface area contributed by atoms with Gasteiger partial charge in [-0.2, -0.15) is 4.98 Å². The maximum absolute atomic E-state index is 5.31. The molecule has 0 saturated heterocycles. The summed E-state index contributed by atoms with van der Waals surface area (Å²) >= 11 is 0. The van der Waals surface area contributed by atoms with E-state index in [9.17, 15) is 0 Å². The molecule has 24 heavy (non-hydrogen) atoms. The third-order valence-electron chi connectivity index (χ3n) is 3.30. The third-order valence-corrected chi connectivity index (χ3v) is 3.30. The van der Waals surface area contributed by atoms with Crippen LogP contribution in [0.25, 0.3) is 0 Å². The van der Waals surface area contributed by atoms with Crippen LogP contribution in [0.15, 0.2) is 9.52 Å². The summed E-state index contributed by atoms with van der Waals surface area (Å²) in [5, 5.41) is 10.5. The standard InChI is InChI=1S/C16H31N5O2.HI/c1-5-22-12-7-6-10-18-16(17-4)19-11-8-9-14-20-15(13(2)3)21-23-14;/h13H,5-12H2,1-4H3,(H2,17,18,19);1H. The minimum Gasteiger partial charge on any atom is -0.382 e. The molecule has 0 amide bonds. The van der Waals surface area contributed by atoms with E-state index in [1.165, 1.54) is 0 Å². The molecule has 0 spiro atoms. The number of rotatable bonds is 11. The summed E-state index contributed by atoms with van der Waals surface area (Å²) in [6.07, 6.45) is 3.83. The Hall–Kier alpha value is -0.900. The first-order chi connectivity index (χ1) is 11.2. The van der Waals surface area contributed by atoms with Gasteiger partial charge in [0.1, 0.15) is 0 Å². The number of aliphatic imine (C=N–C) groups is 1. The number of nitrogens with zero attached hydrogens (tertiary/aromatic N) is 3. The molecule has 1 aromatic rings. The highest BCUT2D eigenvalue weighted by Gasteiger charge is 2.09. The van der Waals surface area contributed by atoms with Crippen molar-refractivity contribution in [1.82, 2.24) is 20.8 Å². The van der Waals surface area contributed by atoms with Gasteiger partial charge in [-0.1, -0.05) is 19.0 Å². The average Bonchev–Trinajstić information content (AvgIpc) is 3.02. The van der Waals surface area contributed by atoms with Crippen LogP contribution in [0.1, 0.15) is 57.7 Å². The van der Waals surface area contributed by atoms with Crippen LogP contribution in [0.3, 0.4) is 0 Å². The Morgan fingerprint density at radius 2 is 1.92 bits per heavy atom. The molecule has 1 rings (SSSR count). The van der Waals surface area contributed by atoms with Crippen molar-refractivity contribution in [1.29, 1.82) is 0 Å². The highest BCUT2D eigenvalue weighted by atomic mass is 127. The van der Waals surface area contributed by atoms with Crippen LogP contribution in [0, 0.1) is 0 Å². The zero-order valence-corrected chi connectivity index (χ0v) is 17.6. The number of hydrogen-bond donors (Lipinski definition) is 2. The maximum Gasteiger partial charge on any atom is 0.226 e. The molecule has 1 aromatic heterocycles. The fourth-order valence-corrected chi connectivity index (χ4v) is 1.95. The van der Waals surface area contributed by atoms with Gasteiger partial charge in [-0.3, -0.25) is 4.99 Å². The van der Waals surface area contributed by atoms with E-state index in [-0.39, 0.29) is 24.0 Å². The van der Waals surface area contributed by atoms with Crippen molar-refractivity contribution >= 4 is 29.9 Å². The second-order valence-corrected chi connectivity index (χ2v) is 5.63. The van der Waals surface area contributed by atoms with E-state index < -0.39 is 0 Å². The number of guanidine groups is 1. The predicted molar refractivity (Wildman–Crippen MR) is 107 cm³/mol. The minimum atomic E-state index is 0. The molecule has 0 aliphatic carbocycles. The molecule has 0 aliphatic rings. The fourth-order valence-electron chi connectivity index (χ4n) is 1.95. The number of ether oxygens (including phenoxy) is 1. The lowest BCUT2D eigenvalue weighted by atomic mass is 10.2. The van der Waals surface area contributed by atoms with Gasteiger partial charge in [0.2, 0.25) is 5.89 Å². The van der Waals surface area contributed by atoms with E-state index in [4.69, 9.17) is 9.26 Å². The molecule has 8 heteroatoms. The summed E-state index contributed by atoms with van der Waals surface area (Å²) in [5.41, 5.74) is 0. The third kappa shape index (κ3) is 10.1. The van der Waals surface area contributed by atoms with Crippen molar-refractivity contribution < 1.29 is 9.26 Å². The van der Waals surface area contributed by atoms with Crippen molar-refractivity contribution in [3.63, 3.8) is 0 Å². The molecule has 7 nitrogen and oxygen atoms in total. The van der Waals surface area contributed by atoms with Crippen molar-refractivity contribution in [2.75, 3.05) is 33.4 Å². The smallest absolute Gasteiger partial charge is 0.226 e. The van der Waals surface area contributed by atoms with E-state index in [1.54, 1.807) is 7.05 Å². The van der Waals surface area contributed by atoms with Crippen LogP contribution < -0.4 is 10.6 Å². The largest absolute Gasteiger partial charge is 0.382 e. The molecule has 0 bridgehead atoms. The second-order valence-electron chi connectivity index (χ2n) is 5.63. The highest BCUT2D eigenvalue weighted by molar-refractivity contribution is 14.0. The molecular formula is C16H32IN5O2. The second kappa shape index (κ2) is 14.4. The van der Waals surface area contributed by atoms with E-state index >= 15 is 0 Å². The van der Waals surface area contributed by atoms with Crippen LogP contribution in [-0.2, 0) is 11.2 Å². The Labute approximate surface area is 162 Å². The quantitative estimate of drug-likeness (QED) is 0.232. The normalized spacial score (nSPS) is 11.5. The molecule has 0 radical (unpaired) electrons. The average molecular weight is 453 g/mol. The topological polar surface area (TPSA) is 84.6 Å². The lowest BCUT2D eigenvalue weighted by molar-refractivity contribution is 0.143. The van der Waals surface area contributed by atoms with Crippen LogP contribution >= 0.6 is 24.0 Å². The number of unbranched alkanes of at least 4 members (excludes halogenated alkanes) is 1. The molecule has 2 N–H and O–H groups in total. The van der Waals surface area contributed by atoms with Gasteiger partial charge >= 0.3 is 0 Å². The summed E-state index contributed by atoms with van der Waals surface area (Å²) in [7, 11) is 1.78. The molecule has 0 unspecified atom stereocenters. The fraction of sp³-hybridized carbons (Fsp3) is 0.812. The number of hydrogen-bond acceptors (Lipinski definition) is 5. The van der Waals surface area contributed by atoms with Gasteiger partial charge in [0.15, 0.2) is 11.8 Å². The first kappa shape index (κ1) is 23.1. The maximum atomic E-state index is 5.31. The number of nitrogens with one attached hydrogen (secondary N) is 2. The summed E-state index contributed by atoms with van der Waals surface area (Å²) in [5.74, 6) is 2.61. The van der Waals surface area contributed by atoms with Crippen molar-refractivity contribution in [2.24, 2.45) is 4.99 Å². The summed E-state index contributed by atoms with van der Waals surface area (Å²) in [4.78, 5) is 8.57. The van der Waals surface area contributed by atoms with Gasteiger partial charge in [-0.15, -0.1) is 24.0 Å². The molecule has 0 atom stereocenters. The molecular weight excluding hydrogens is 421 g/mol.